The first-order valence-corrected chi connectivity index (χ1v) is 8.49. The average molecular weight is 288 g/mol. The lowest BCUT2D eigenvalue weighted by atomic mass is 10.0. The Morgan fingerprint density at radius 3 is 2.52 bits per heavy atom. The zero-order valence-electron chi connectivity index (χ0n) is 13.0. The second-order valence-corrected chi connectivity index (χ2v) is 6.56. The van der Waals surface area contributed by atoms with Crippen molar-refractivity contribution in [2.24, 2.45) is 0 Å². The SMILES string of the molecule is OCC[C@H]1CN(Cc2ccccc2)CCN1C1CCCC1. The van der Waals surface area contributed by atoms with Crippen molar-refractivity contribution in [1.82, 2.24) is 9.80 Å². The van der Waals surface area contributed by atoms with E-state index in [1.165, 1.54) is 37.8 Å². The van der Waals surface area contributed by atoms with Crippen LogP contribution in [0.5, 0.6) is 0 Å². The van der Waals surface area contributed by atoms with Gasteiger partial charge in [-0.25, -0.2) is 0 Å². The van der Waals surface area contributed by atoms with Crippen LogP contribution in [0.1, 0.15) is 37.7 Å². The number of nitrogens with zero attached hydrogens (tertiary/aromatic N) is 2. The largest absolute Gasteiger partial charge is 0.396 e. The van der Waals surface area contributed by atoms with Gasteiger partial charge in [0.15, 0.2) is 0 Å². The lowest BCUT2D eigenvalue weighted by Crippen LogP contribution is -2.55. The highest BCUT2D eigenvalue weighted by atomic mass is 16.3. The van der Waals surface area contributed by atoms with E-state index in [2.05, 4.69) is 40.1 Å². The van der Waals surface area contributed by atoms with Gasteiger partial charge in [-0.1, -0.05) is 43.2 Å². The summed E-state index contributed by atoms with van der Waals surface area (Å²) in [5, 5.41) is 9.41. The van der Waals surface area contributed by atoms with Crippen LogP contribution in [-0.2, 0) is 6.54 Å². The van der Waals surface area contributed by atoms with Gasteiger partial charge < -0.3 is 5.11 Å². The Morgan fingerprint density at radius 2 is 1.81 bits per heavy atom. The fourth-order valence-corrected chi connectivity index (χ4v) is 4.04. The monoisotopic (exact) mass is 288 g/mol. The van der Waals surface area contributed by atoms with Gasteiger partial charge >= 0.3 is 0 Å². The molecule has 1 saturated carbocycles. The summed E-state index contributed by atoms with van der Waals surface area (Å²) in [6.07, 6.45) is 6.42. The first-order chi connectivity index (χ1) is 10.4. The van der Waals surface area contributed by atoms with Crippen LogP contribution in [-0.4, -0.2) is 53.2 Å². The summed E-state index contributed by atoms with van der Waals surface area (Å²) in [4.78, 5) is 5.26. The molecule has 3 nitrogen and oxygen atoms in total. The van der Waals surface area contributed by atoms with E-state index in [1.54, 1.807) is 0 Å². The Hall–Kier alpha value is -0.900. The normalized spacial score (nSPS) is 25.5. The molecule has 0 aromatic heterocycles. The van der Waals surface area contributed by atoms with E-state index >= 15 is 0 Å². The molecule has 1 atom stereocenters. The molecule has 1 aromatic carbocycles. The van der Waals surface area contributed by atoms with Gasteiger partial charge in [0.1, 0.15) is 0 Å². The first-order valence-electron chi connectivity index (χ1n) is 8.49. The third-order valence-electron chi connectivity index (χ3n) is 5.12. The Morgan fingerprint density at radius 1 is 1.05 bits per heavy atom. The summed E-state index contributed by atoms with van der Waals surface area (Å²) in [6.45, 7) is 4.79. The molecule has 0 spiro atoms. The maximum Gasteiger partial charge on any atom is 0.0446 e. The van der Waals surface area contributed by atoms with Crippen LogP contribution in [0, 0.1) is 0 Å². The molecule has 1 aromatic rings. The van der Waals surface area contributed by atoms with Gasteiger partial charge in [0.05, 0.1) is 0 Å². The molecule has 0 bridgehead atoms. The van der Waals surface area contributed by atoms with Crippen molar-refractivity contribution in [1.29, 1.82) is 0 Å². The molecule has 2 aliphatic rings. The molecule has 21 heavy (non-hydrogen) atoms. The van der Waals surface area contributed by atoms with Gasteiger partial charge in [-0.05, 0) is 24.8 Å². The number of aliphatic hydroxyl groups is 1. The van der Waals surface area contributed by atoms with E-state index in [-0.39, 0.29) is 0 Å². The summed E-state index contributed by atoms with van der Waals surface area (Å²) in [5.74, 6) is 0. The summed E-state index contributed by atoms with van der Waals surface area (Å²) < 4.78 is 0. The van der Waals surface area contributed by atoms with Crippen molar-refractivity contribution in [3.63, 3.8) is 0 Å². The minimum Gasteiger partial charge on any atom is -0.396 e. The molecule has 2 fully saturated rings. The fraction of sp³-hybridized carbons (Fsp3) is 0.667. The predicted octanol–water partition coefficient (Wildman–Crippen LogP) is 2.50. The van der Waals surface area contributed by atoms with Gasteiger partial charge in [0.2, 0.25) is 0 Å². The number of hydrogen-bond acceptors (Lipinski definition) is 3. The Labute approximate surface area is 128 Å². The highest BCUT2D eigenvalue weighted by Crippen LogP contribution is 2.28. The molecule has 3 heteroatoms. The van der Waals surface area contributed by atoms with Gasteiger partial charge in [-0.3, -0.25) is 9.80 Å². The van der Waals surface area contributed by atoms with E-state index in [1.807, 2.05) is 0 Å². The molecule has 0 radical (unpaired) electrons. The standard InChI is InChI=1S/C18H28N2O/c21-13-10-18-15-19(14-16-6-2-1-3-7-16)11-12-20(18)17-8-4-5-9-17/h1-3,6-7,17-18,21H,4-5,8-15H2/t18-/m0/s1. The molecular weight excluding hydrogens is 260 g/mol. The highest BCUT2D eigenvalue weighted by molar-refractivity contribution is 5.14. The lowest BCUT2D eigenvalue weighted by Gasteiger charge is -2.44. The maximum atomic E-state index is 9.41. The average Bonchev–Trinajstić information content (AvgIpc) is 3.03. The second kappa shape index (κ2) is 7.39. The molecule has 3 rings (SSSR count). The Kier molecular flexibility index (Phi) is 5.28. The number of piperazine rings is 1. The second-order valence-electron chi connectivity index (χ2n) is 6.56. The maximum absolute atomic E-state index is 9.41. The zero-order chi connectivity index (χ0) is 14.5. The first kappa shape index (κ1) is 15.0. The third-order valence-corrected chi connectivity index (χ3v) is 5.12. The summed E-state index contributed by atoms with van der Waals surface area (Å²) in [5.41, 5.74) is 1.40. The smallest absolute Gasteiger partial charge is 0.0446 e. The molecule has 0 amide bonds. The molecular formula is C18H28N2O. The van der Waals surface area contributed by atoms with Gasteiger partial charge in [-0.15, -0.1) is 0 Å². The van der Waals surface area contributed by atoms with Crippen LogP contribution in [0.15, 0.2) is 30.3 Å². The molecule has 0 unspecified atom stereocenters. The van der Waals surface area contributed by atoms with Crippen LogP contribution in [0.2, 0.25) is 0 Å². The molecule has 1 N–H and O–H groups in total. The van der Waals surface area contributed by atoms with Crippen LogP contribution in [0.4, 0.5) is 0 Å². The van der Waals surface area contributed by atoms with Crippen molar-refractivity contribution in [3.8, 4) is 0 Å². The van der Waals surface area contributed by atoms with Gasteiger partial charge in [-0.2, -0.15) is 0 Å². The number of benzene rings is 1. The predicted molar refractivity (Wildman–Crippen MR) is 86.2 cm³/mol. The number of aliphatic hydroxyl groups excluding tert-OH is 1. The van der Waals surface area contributed by atoms with Crippen molar-refractivity contribution in [3.05, 3.63) is 35.9 Å². The Balaban J connectivity index is 1.60. The van der Waals surface area contributed by atoms with E-state index in [4.69, 9.17) is 0 Å². The zero-order valence-corrected chi connectivity index (χ0v) is 13.0. The van der Waals surface area contributed by atoms with Crippen LogP contribution in [0.25, 0.3) is 0 Å². The third kappa shape index (κ3) is 3.85. The van der Waals surface area contributed by atoms with Crippen LogP contribution >= 0.6 is 0 Å². The minimum absolute atomic E-state index is 0.313. The quantitative estimate of drug-likeness (QED) is 0.902. The highest BCUT2D eigenvalue weighted by Gasteiger charge is 2.32. The lowest BCUT2D eigenvalue weighted by molar-refractivity contribution is 0.0267. The topological polar surface area (TPSA) is 26.7 Å². The summed E-state index contributed by atoms with van der Waals surface area (Å²) in [7, 11) is 0. The summed E-state index contributed by atoms with van der Waals surface area (Å²) >= 11 is 0. The van der Waals surface area contributed by atoms with E-state index < -0.39 is 0 Å². The van der Waals surface area contributed by atoms with Crippen molar-refractivity contribution in [2.45, 2.75) is 50.7 Å². The Bertz CT molecular complexity index is 416. The molecule has 116 valence electrons. The number of hydrogen-bond donors (Lipinski definition) is 1. The molecule has 1 aliphatic heterocycles. The molecule has 1 aliphatic carbocycles. The van der Waals surface area contributed by atoms with E-state index in [0.29, 0.717) is 12.6 Å². The summed E-state index contributed by atoms with van der Waals surface area (Å²) in [6, 6.07) is 12.1. The van der Waals surface area contributed by atoms with Crippen molar-refractivity contribution in [2.75, 3.05) is 26.2 Å². The van der Waals surface area contributed by atoms with Crippen molar-refractivity contribution >= 4 is 0 Å². The van der Waals surface area contributed by atoms with E-state index in [0.717, 1.165) is 32.1 Å². The van der Waals surface area contributed by atoms with E-state index in [9.17, 15) is 5.11 Å². The van der Waals surface area contributed by atoms with Crippen LogP contribution < -0.4 is 0 Å². The minimum atomic E-state index is 0.313. The molecule has 1 heterocycles. The van der Waals surface area contributed by atoms with Gasteiger partial charge in [0, 0.05) is 44.9 Å². The number of rotatable bonds is 5. The van der Waals surface area contributed by atoms with Crippen LogP contribution in [0.3, 0.4) is 0 Å². The van der Waals surface area contributed by atoms with Gasteiger partial charge in [0.25, 0.3) is 0 Å². The fourth-order valence-electron chi connectivity index (χ4n) is 4.04. The van der Waals surface area contributed by atoms with Crippen molar-refractivity contribution < 1.29 is 5.11 Å². The molecule has 1 saturated heterocycles.